The largest absolute Gasteiger partial charge is 0.480 e. The van der Waals surface area contributed by atoms with Crippen LogP contribution in [0.25, 0.3) is 0 Å². The molecule has 0 fully saturated rings. The van der Waals surface area contributed by atoms with E-state index in [1.807, 2.05) is 6.07 Å². The Morgan fingerprint density at radius 3 is 2.53 bits per heavy atom. The van der Waals surface area contributed by atoms with Crippen LogP contribution in [0, 0.1) is 0 Å². The Labute approximate surface area is 97.8 Å². The van der Waals surface area contributed by atoms with Crippen molar-refractivity contribution in [1.29, 1.82) is 0 Å². The van der Waals surface area contributed by atoms with Crippen LogP contribution < -0.4 is 5.32 Å². The molecule has 0 saturated heterocycles. The quantitative estimate of drug-likeness (QED) is 0.758. The number of halogens is 1. The number of carboxylic acid groups (broad SMARTS) is 1. The number of carbonyl (C=O) groups excluding carboxylic acids is 1. The Morgan fingerprint density at radius 1 is 1.35 bits per heavy atom. The van der Waals surface area contributed by atoms with Gasteiger partial charge in [0.1, 0.15) is 6.04 Å². The van der Waals surface area contributed by atoms with E-state index >= 15 is 0 Å². The molecule has 0 spiro atoms. The Kier molecular flexibility index (Phi) is 4.87. The Bertz CT molecular complexity index is 417. The summed E-state index contributed by atoms with van der Waals surface area (Å²) in [7, 11) is 0. The number of hydrogen-bond donors (Lipinski definition) is 2. The fourth-order valence-corrected chi connectivity index (χ4v) is 1.33. The standard InChI is InChI=1S/C12H12FNO3/c13-7-6-11(15)14-10(12(16)17)8-9-4-2-1-3-5-9/h1-7,10H,8H2,(H,14,15)(H,16,17)/t10-/m0/s1. The van der Waals surface area contributed by atoms with Gasteiger partial charge >= 0.3 is 5.97 Å². The van der Waals surface area contributed by atoms with Gasteiger partial charge in [0.15, 0.2) is 0 Å². The van der Waals surface area contributed by atoms with E-state index in [2.05, 4.69) is 5.32 Å². The molecule has 0 saturated carbocycles. The first-order valence-corrected chi connectivity index (χ1v) is 4.97. The van der Waals surface area contributed by atoms with E-state index in [9.17, 15) is 14.0 Å². The summed E-state index contributed by atoms with van der Waals surface area (Å²) in [6.07, 6.45) is 0.861. The van der Waals surface area contributed by atoms with Gasteiger partial charge in [0.05, 0.1) is 6.33 Å². The fraction of sp³-hybridized carbons (Fsp3) is 0.167. The first kappa shape index (κ1) is 12.9. The molecule has 4 nitrogen and oxygen atoms in total. The van der Waals surface area contributed by atoms with Gasteiger partial charge in [0.2, 0.25) is 5.91 Å². The highest BCUT2D eigenvalue weighted by Crippen LogP contribution is 2.03. The maximum atomic E-state index is 11.7. The van der Waals surface area contributed by atoms with E-state index in [1.54, 1.807) is 24.3 Å². The molecule has 1 rings (SSSR count). The summed E-state index contributed by atoms with van der Waals surface area (Å²) < 4.78 is 11.7. The summed E-state index contributed by atoms with van der Waals surface area (Å²) in [5.74, 6) is -1.93. The first-order chi connectivity index (χ1) is 8.13. The van der Waals surface area contributed by atoms with Crippen molar-refractivity contribution < 1.29 is 19.1 Å². The molecule has 0 heterocycles. The van der Waals surface area contributed by atoms with Crippen LogP contribution in [0.5, 0.6) is 0 Å². The molecular formula is C12H12FNO3. The van der Waals surface area contributed by atoms with E-state index < -0.39 is 17.9 Å². The summed E-state index contributed by atoms with van der Waals surface area (Å²) in [6.45, 7) is 0. The van der Waals surface area contributed by atoms with E-state index in [0.717, 1.165) is 5.56 Å². The molecule has 0 aromatic heterocycles. The second kappa shape index (κ2) is 6.42. The lowest BCUT2D eigenvalue weighted by molar-refractivity contribution is -0.141. The molecule has 0 aliphatic rings. The van der Waals surface area contributed by atoms with Crippen LogP contribution in [0.15, 0.2) is 42.7 Å². The zero-order valence-corrected chi connectivity index (χ0v) is 8.97. The molecule has 1 aromatic rings. The van der Waals surface area contributed by atoms with Gasteiger partial charge in [-0.1, -0.05) is 30.3 Å². The van der Waals surface area contributed by atoms with Gasteiger partial charge in [0.25, 0.3) is 0 Å². The van der Waals surface area contributed by atoms with Gasteiger partial charge in [-0.2, -0.15) is 0 Å². The maximum Gasteiger partial charge on any atom is 0.326 e. The van der Waals surface area contributed by atoms with Gasteiger partial charge in [-0.3, -0.25) is 4.79 Å². The molecule has 1 atom stereocenters. The lowest BCUT2D eigenvalue weighted by atomic mass is 10.1. The van der Waals surface area contributed by atoms with Crippen molar-refractivity contribution in [3.63, 3.8) is 0 Å². The molecule has 0 aliphatic carbocycles. The highest BCUT2D eigenvalue weighted by atomic mass is 19.1. The summed E-state index contributed by atoms with van der Waals surface area (Å²) >= 11 is 0. The normalized spacial score (nSPS) is 12.3. The smallest absolute Gasteiger partial charge is 0.326 e. The molecule has 0 aliphatic heterocycles. The van der Waals surface area contributed by atoms with Gasteiger partial charge in [-0.15, -0.1) is 0 Å². The minimum absolute atomic E-state index is 0.0662. The van der Waals surface area contributed by atoms with Crippen molar-refractivity contribution in [2.24, 2.45) is 0 Å². The third-order valence-electron chi connectivity index (χ3n) is 2.11. The first-order valence-electron chi connectivity index (χ1n) is 4.97. The van der Waals surface area contributed by atoms with Crippen LogP contribution in [0.1, 0.15) is 5.56 Å². The van der Waals surface area contributed by atoms with Crippen molar-refractivity contribution in [3.8, 4) is 0 Å². The summed E-state index contributed by atoms with van der Waals surface area (Å²) in [6, 6.07) is 7.81. The van der Waals surface area contributed by atoms with Crippen molar-refractivity contribution in [2.45, 2.75) is 12.5 Å². The minimum Gasteiger partial charge on any atom is -0.480 e. The molecule has 5 heteroatoms. The minimum atomic E-state index is -1.16. The highest BCUT2D eigenvalue weighted by molar-refractivity contribution is 5.91. The molecule has 1 amide bonds. The zero-order chi connectivity index (χ0) is 12.7. The number of aliphatic carboxylic acids is 1. The van der Waals surface area contributed by atoms with Gasteiger partial charge in [-0.25, -0.2) is 9.18 Å². The maximum absolute atomic E-state index is 11.7. The summed E-state index contributed by atoms with van der Waals surface area (Å²) in [5.41, 5.74) is 0.782. The van der Waals surface area contributed by atoms with Crippen LogP contribution in [-0.2, 0) is 16.0 Å². The number of hydrogen-bond acceptors (Lipinski definition) is 2. The number of amides is 1. The van der Waals surface area contributed by atoms with E-state index in [1.165, 1.54) is 0 Å². The van der Waals surface area contributed by atoms with Gasteiger partial charge in [0, 0.05) is 12.5 Å². The van der Waals surface area contributed by atoms with Crippen molar-refractivity contribution in [1.82, 2.24) is 5.32 Å². The molecule has 17 heavy (non-hydrogen) atoms. The SMILES string of the molecule is O=C(C=CF)N[C@@H](Cc1ccccc1)C(=O)O. The van der Waals surface area contributed by atoms with Crippen LogP contribution >= 0.6 is 0 Å². The van der Waals surface area contributed by atoms with Gasteiger partial charge in [-0.05, 0) is 5.56 Å². The number of benzene rings is 1. The second-order valence-corrected chi connectivity index (χ2v) is 3.38. The van der Waals surface area contributed by atoms with Gasteiger partial charge < -0.3 is 10.4 Å². The van der Waals surface area contributed by atoms with Crippen LogP contribution in [0.2, 0.25) is 0 Å². The molecule has 0 unspecified atom stereocenters. The van der Waals surface area contributed by atoms with Crippen LogP contribution in [0.3, 0.4) is 0 Å². The van der Waals surface area contributed by atoms with Crippen molar-refractivity contribution in [3.05, 3.63) is 48.3 Å². The molecule has 0 bridgehead atoms. The average molecular weight is 237 g/mol. The lowest BCUT2D eigenvalue weighted by Crippen LogP contribution is -2.41. The monoisotopic (exact) mass is 237 g/mol. The number of carbonyl (C=O) groups is 2. The van der Waals surface area contributed by atoms with Crippen LogP contribution in [0.4, 0.5) is 4.39 Å². The number of rotatable bonds is 5. The molecule has 2 N–H and O–H groups in total. The summed E-state index contributed by atoms with van der Waals surface area (Å²) in [5, 5.41) is 11.1. The van der Waals surface area contributed by atoms with E-state index in [0.29, 0.717) is 6.08 Å². The Hall–Kier alpha value is -2.17. The third kappa shape index (κ3) is 4.46. The van der Waals surface area contributed by atoms with Crippen LogP contribution in [-0.4, -0.2) is 23.0 Å². The second-order valence-electron chi connectivity index (χ2n) is 3.38. The summed E-state index contributed by atoms with van der Waals surface area (Å²) in [4.78, 5) is 22.0. The molecule has 0 radical (unpaired) electrons. The van der Waals surface area contributed by atoms with E-state index in [4.69, 9.17) is 5.11 Å². The molecular weight excluding hydrogens is 225 g/mol. The topological polar surface area (TPSA) is 66.4 Å². The van der Waals surface area contributed by atoms with Crippen molar-refractivity contribution in [2.75, 3.05) is 0 Å². The fourth-order valence-electron chi connectivity index (χ4n) is 1.33. The average Bonchev–Trinajstić information content (AvgIpc) is 2.29. The highest BCUT2D eigenvalue weighted by Gasteiger charge is 2.19. The predicted molar refractivity (Wildman–Crippen MR) is 60.0 cm³/mol. The number of carboxylic acids is 1. The van der Waals surface area contributed by atoms with Crippen molar-refractivity contribution >= 4 is 11.9 Å². The molecule has 90 valence electrons. The lowest BCUT2D eigenvalue weighted by Gasteiger charge is -2.13. The van der Waals surface area contributed by atoms with E-state index in [-0.39, 0.29) is 12.8 Å². The Balaban J connectivity index is 2.67. The number of nitrogens with one attached hydrogen (secondary N) is 1. The Morgan fingerprint density at radius 2 is 2.00 bits per heavy atom. The zero-order valence-electron chi connectivity index (χ0n) is 8.97. The third-order valence-corrected chi connectivity index (χ3v) is 2.11. The predicted octanol–water partition coefficient (Wildman–Crippen LogP) is 1.28. The molecule has 1 aromatic carbocycles.